The second-order valence-corrected chi connectivity index (χ2v) is 4.92. The van der Waals surface area contributed by atoms with Gasteiger partial charge in [-0.05, 0) is 43.2 Å². The first-order chi connectivity index (χ1) is 8.61. The third-order valence-electron chi connectivity index (χ3n) is 2.80. The Morgan fingerprint density at radius 1 is 1.39 bits per heavy atom. The number of nitrogens with one attached hydrogen (secondary N) is 1. The zero-order valence-corrected chi connectivity index (χ0v) is 11.9. The summed E-state index contributed by atoms with van der Waals surface area (Å²) in [6.45, 7) is 3.83. The number of rotatable bonds is 3. The summed E-state index contributed by atoms with van der Waals surface area (Å²) in [6, 6.07) is 7.50. The van der Waals surface area contributed by atoms with E-state index in [0.717, 1.165) is 22.1 Å². The number of amides is 1. The number of hydrogen-bond acceptors (Lipinski definition) is 2. The summed E-state index contributed by atoms with van der Waals surface area (Å²) in [5, 5.41) is 2.91. The summed E-state index contributed by atoms with van der Waals surface area (Å²) in [5.41, 5.74) is 2.50. The average molecular weight is 308 g/mol. The molecule has 0 aliphatic carbocycles. The number of hydrogen-bond donors (Lipinski definition) is 1. The standard InChI is InChI=1S/C14H14BrNO2/c1-3-10-8-11(15)4-5-13(10)16-14(17)12-6-7-18-9(12)2/h4-8H,3H2,1-2H3,(H,16,17). The Kier molecular flexibility index (Phi) is 3.87. The van der Waals surface area contributed by atoms with Gasteiger partial charge in [-0.1, -0.05) is 22.9 Å². The second-order valence-electron chi connectivity index (χ2n) is 4.00. The van der Waals surface area contributed by atoms with Gasteiger partial charge in [0.1, 0.15) is 5.76 Å². The number of furan rings is 1. The molecule has 0 saturated heterocycles. The van der Waals surface area contributed by atoms with E-state index in [0.29, 0.717) is 11.3 Å². The van der Waals surface area contributed by atoms with Crippen LogP contribution in [-0.4, -0.2) is 5.91 Å². The number of anilines is 1. The lowest BCUT2D eigenvalue weighted by Crippen LogP contribution is -2.13. The van der Waals surface area contributed by atoms with Crippen molar-refractivity contribution in [3.8, 4) is 0 Å². The first-order valence-corrected chi connectivity index (χ1v) is 6.55. The smallest absolute Gasteiger partial charge is 0.259 e. The van der Waals surface area contributed by atoms with Gasteiger partial charge in [0.25, 0.3) is 5.91 Å². The van der Waals surface area contributed by atoms with Crippen LogP contribution >= 0.6 is 15.9 Å². The molecule has 0 radical (unpaired) electrons. The van der Waals surface area contributed by atoms with E-state index >= 15 is 0 Å². The molecule has 0 unspecified atom stereocenters. The van der Waals surface area contributed by atoms with Crippen molar-refractivity contribution in [2.24, 2.45) is 0 Å². The molecule has 1 aromatic carbocycles. The molecule has 2 aromatic rings. The summed E-state index contributed by atoms with van der Waals surface area (Å²) >= 11 is 3.43. The van der Waals surface area contributed by atoms with E-state index in [1.165, 1.54) is 6.26 Å². The number of halogens is 1. The van der Waals surface area contributed by atoms with Crippen LogP contribution in [0, 0.1) is 6.92 Å². The highest BCUT2D eigenvalue weighted by molar-refractivity contribution is 9.10. The lowest BCUT2D eigenvalue weighted by molar-refractivity contribution is 0.102. The Bertz CT molecular complexity index is 575. The van der Waals surface area contributed by atoms with E-state index in [1.54, 1.807) is 13.0 Å². The van der Waals surface area contributed by atoms with Crippen LogP contribution in [0.4, 0.5) is 5.69 Å². The van der Waals surface area contributed by atoms with Gasteiger partial charge in [-0.15, -0.1) is 0 Å². The van der Waals surface area contributed by atoms with Gasteiger partial charge < -0.3 is 9.73 Å². The van der Waals surface area contributed by atoms with Crippen molar-refractivity contribution in [3.63, 3.8) is 0 Å². The van der Waals surface area contributed by atoms with Crippen molar-refractivity contribution in [1.82, 2.24) is 0 Å². The topological polar surface area (TPSA) is 42.2 Å². The van der Waals surface area contributed by atoms with Gasteiger partial charge >= 0.3 is 0 Å². The highest BCUT2D eigenvalue weighted by atomic mass is 79.9. The van der Waals surface area contributed by atoms with Crippen molar-refractivity contribution in [3.05, 3.63) is 51.9 Å². The third kappa shape index (κ3) is 2.64. The summed E-state index contributed by atoms with van der Waals surface area (Å²) in [4.78, 5) is 12.1. The molecule has 1 aromatic heterocycles. The molecule has 1 amide bonds. The van der Waals surface area contributed by atoms with E-state index in [4.69, 9.17) is 4.42 Å². The van der Waals surface area contributed by atoms with E-state index in [-0.39, 0.29) is 5.91 Å². The van der Waals surface area contributed by atoms with Crippen LogP contribution in [-0.2, 0) is 6.42 Å². The predicted octanol–water partition coefficient (Wildman–Crippen LogP) is 4.17. The molecule has 0 aliphatic rings. The maximum absolute atomic E-state index is 12.1. The highest BCUT2D eigenvalue weighted by Gasteiger charge is 2.13. The van der Waals surface area contributed by atoms with Gasteiger partial charge in [-0.2, -0.15) is 0 Å². The van der Waals surface area contributed by atoms with Crippen LogP contribution in [0.3, 0.4) is 0 Å². The van der Waals surface area contributed by atoms with Crippen LogP contribution in [0.1, 0.15) is 28.6 Å². The Morgan fingerprint density at radius 3 is 2.78 bits per heavy atom. The fourth-order valence-electron chi connectivity index (χ4n) is 1.79. The van der Waals surface area contributed by atoms with Gasteiger partial charge in [0.15, 0.2) is 0 Å². The minimum Gasteiger partial charge on any atom is -0.469 e. The zero-order valence-electron chi connectivity index (χ0n) is 10.3. The first kappa shape index (κ1) is 12.9. The van der Waals surface area contributed by atoms with Crippen LogP contribution in [0.5, 0.6) is 0 Å². The molecule has 0 aliphatic heterocycles. The first-order valence-electron chi connectivity index (χ1n) is 5.75. The van der Waals surface area contributed by atoms with Gasteiger partial charge in [0, 0.05) is 10.2 Å². The highest BCUT2D eigenvalue weighted by Crippen LogP contribution is 2.22. The van der Waals surface area contributed by atoms with Gasteiger partial charge in [-0.3, -0.25) is 4.79 Å². The monoisotopic (exact) mass is 307 g/mol. The molecule has 1 heterocycles. The van der Waals surface area contributed by atoms with Gasteiger partial charge in [-0.25, -0.2) is 0 Å². The summed E-state index contributed by atoms with van der Waals surface area (Å²) in [6.07, 6.45) is 2.38. The molecular formula is C14H14BrNO2. The summed E-state index contributed by atoms with van der Waals surface area (Å²) in [5.74, 6) is 0.487. The molecule has 2 rings (SSSR count). The molecule has 1 N–H and O–H groups in total. The Labute approximate surface area is 114 Å². The van der Waals surface area contributed by atoms with Crippen LogP contribution in [0.2, 0.25) is 0 Å². The van der Waals surface area contributed by atoms with Gasteiger partial charge in [0.2, 0.25) is 0 Å². The molecule has 0 fully saturated rings. The number of carbonyl (C=O) groups excluding carboxylic acids is 1. The summed E-state index contributed by atoms with van der Waals surface area (Å²) in [7, 11) is 0. The average Bonchev–Trinajstić information content (AvgIpc) is 2.77. The molecule has 18 heavy (non-hydrogen) atoms. The molecule has 0 bridgehead atoms. The van der Waals surface area contributed by atoms with Crippen LogP contribution < -0.4 is 5.32 Å². The SMILES string of the molecule is CCc1cc(Br)ccc1NC(=O)c1ccoc1C. The maximum atomic E-state index is 12.1. The normalized spacial score (nSPS) is 10.4. The number of benzene rings is 1. The predicted molar refractivity (Wildman–Crippen MR) is 74.9 cm³/mol. The number of carbonyl (C=O) groups is 1. The molecule has 0 saturated carbocycles. The van der Waals surface area contributed by atoms with E-state index in [1.807, 2.05) is 18.2 Å². The van der Waals surface area contributed by atoms with Gasteiger partial charge in [0.05, 0.1) is 11.8 Å². The summed E-state index contributed by atoms with van der Waals surface area (Å²) < 4.78 is 6.14. The Hall–Kier alpha value is -1.55. The van der Waals surface area contributed by atoms with E-state index in [2.05, 4.69) is 28.2 Å². The molecule has 94 valence electrons. The lowest BCUT2D eigenvalue weighted by atomic mass is 10.1. The minimum atomic E-state index is -0.140. The molecule has 3 nitrogen and oxygen atoms in total. The van der Waals surface area contributed by atoms with Crippen molar-refractivity contribution < 1.29 is 9.21 Å². The Balaban J connectivity index is 2.24. The Morgan fingerprint density at radius 2 is 2.17 bits per heavy atom. The molecular weight excluding hydrogens is 294 g/mol. The number of aryl methyl sites for hydroxylation is 2. The molecule has 0 atom stereocenters. The van der Waals surface area contributed by atoms with Crippen LogP contribution in [0.25, 0.3) is 0 Å². The molecule has 0 spiro atoms. The second kappa shape index (κ2) is 5.40. The van der Waals surface area contributed by atoms with Crippen LogP contribution in [0.15, 0.2) is 39.4 Å². The fourth-order valence-corrected chi connectivity index (χ4v) is 2.20. The van der Waals surface area contributed by atoms with E-state index < -0.39 is 0 Å². The van der Waals surface area contributed by atoms with Crippen molar-refractivity contribution in [1.29, 1.82) is 0 Å². The quantitative estimate of drug-likeness (QED) is 0.925. The van der Waals surface area contributed by atoms with Crippen molar-refractivity contribution in [2.75, 3.05) is 5.32 Å². The molecule has 4 heteroatoms. The van der Waals surface area contributed by atoms with E-state index in [9.17, 15) is 4.79 Å². The lowest BCUT2D eigenvalue weighted by Gasteiger charge is -2.10. The van der Waals surface area contributed by atoms with Crippen molar-refractivity contribution in [2.45, 2.75) is 20.3 Å². The third-order valence-corrected chi connectivity index (χ3v) is 3.29. The van der Waals surface area contributed by atoms with Crippen molar-refractivity contribution >= 4 is 27.5 Å². The minimum absolute atomic E-state index is 0.140. The zero-order chi connectivity index (χ0) is 13.1. The largest absolute Gasteiger partial charge is 0.469 e. The fraction of sp³-hybridized carbons (Fsp3) is 0.214. The maximum Gasteiger partial charge on any atom is 0.259 e.